The van der Waals surface area contributed by atoms with E-state index in [0.29, 0.717) is 25.4 Å². The van der Waals surface area contributed by atoms with Gasteiger partial charge in [-0.3, -0.25) is 0 Å². The maximum atomic E-state index is 11.7. The van der Waals surface area contributed by atoms with Crippen LogP contribution in [0.5, 0.6) is 5.75 Å². The van der Waals surface area contributed by atoms with Crippen LogP contribution in [0.4, 0.5) is 0 Å². The smallest absolute Gasteiger partial charge is 0.337 e. The highest BCUT2D eigenvalue weighted by atomic mass is 16.5. The fraction of sp³-hybridized carbons (Fsp3) is 0.333. The van der Waals surface area contributed by atoms with Crippen LogP contribution < -0.4 is 4.74 Å². The van der Waals surface area contributed by atoms with E-state index in [2.05, 4.69) is 0 Å². The molecule has 0 saturated carbocycles. The molecule has 5 nitrogen and oxygen atoms in total. The van der Waals surface area contributed by atoms with Crippen LogP contribution in [-0.2, 0) is 9.47 Å². The molecule has 1 aromatic heterocycles. The molecule has 23 heavy (non-hydrogen) atoms. The van der Waals surface area contributed by atoms with Gasteiger partial charge in [0.25, 0.3) is 0 Å². The molecule has 2 heterocycles. The molecule has 2 aromatic rings. The molecule has 0 atom stereocenters. The summed E-state index contributed by atoms with van der Waals surface area (Å²) in [4.78, 5) is 16.5. The van der Waals surface area contributed by atoms with Gasteiger partial charge in [-0.2, -0.15) is 0 Å². The van der Waals surface area contributed by atoms with E-state index in [4.69, 9.17) is 19.2 Å². The lowest BCUT2D eigenvalue weighted by molar-refractivity contribution is 0.0601. The van der Waals surface area contributed by atoms with Crippen molar-refractivity contribution in [2.45, 2.75) is 13.3 Å². The minimum atomic E-state index is -0.373. The van der Waals surface area contributed by atoms with Crippen molar-refractivity contribution < 1.29 is 19.0 Å². The Morgan fingerprint density at radius 2 is 2.22 bits per heavy atom. The predicted octanol–water partition coefficient (Wildman–Crippen LogP) is 3.22. The summed E-state index contributed by atoms with van der Waals surface area (Å²) in [5.41, 5.74) is 3.21. The van der Waals surface area contributed by atoms with Crippen molar-refractivity contribution in [1.29, 1.82) is 0 Å². The van der Waals surface area contributed by atoms with Crippen molar-refractivity contribution in [1.82, 2.24) is 4.98 Å². The Morgan fingerprint density at radius 1 is 1.35 bits per heavy atom. The second-order valence-corrected chi connectivity index (χ2v) is 5.22. The number of esters is 1. The van der Waals surface area contributed by atoms with Gasteiger partial charge in [-0.15, -0.1) is 0 Å². The number of benzene rings is 1. The summed E-state index contributed by atoms with van der Waals surface area (Å²) in [5, 5.41) is 0.885. The summed E-state index contributed by atoms with van der Waals surface area (Å²) in [5.74, 6) is 0.402. The van der Waals surface area contributed by atoms with Crippen LogP contribution >= 0.6 is 0 Å². The zero-order valence-corrected chi connectivity index (χ0v) is 13.3. The molecule has 0 amide bonds. The van der Waals surface area contributed by atoms with Crippen molar-refractivity contribution in [3.05, 3.63) is 41.6 Å². The number of rotatable bonds is 4. The molecule has 0 spiro atoms. The highest BCUT2D eigenvalue weighted by Gasteiger charge is 2.14. The number of ether oxygens (including phenoxy) is 3. The van der Waals surface area contributed by atoms with Crippen molar-refractivity contribution in [2.24, 2.45) is 0 Å². The third kappa shape index (κ3) is 3.19. The zero-order chi connectivity index (χ0) is 16.2. The molecule has 3 rings (SSSR count). The lowest BCUT2D eigenvalue weighted by Gasteiger charge is -2.16. The van der Waals surface area contributed by atoms with Crippen molar-refractivity contribution in [3.8, 4) is 5.75 Å². The Kier molecular flexibility index (Phi) is 4.57. The molecule has 1 aliphatic rings. The maximum Gasteiger partial charge on any atom is 0.337 e. The molecule has 0 radical (unpaired) electrons. The van der Waals surface area contributed by atoms with Crippen LogP contribution in [0.15, 0.2) is 30.3 Å². The molecular weight excluding hydrogens is 294 g/mol. The molecule has 1 aliphatic heterocycles. The number of pyridine rings is 1. The molecule has 0 saturated heterocycles. The van der Waals surface area contributed by atoms with Gasteiger partial charge in [0.15, 0.2) is 0 Å². The number of aromatic nitrogens is 1. The second-order valence-electron chi connectivity index (χ2n) is 5.22. The molecule has 5 heteroatoms. The molecule has 0 unspecified atom stereocenters. The molecule has 0 aliphatic carbocycles. The van der Waals surface area contributed by atoms with Crippen LogP contribution in [0.1, 0.15) is 29.4 Å². The van der Waals surface area contributed by atoms with E-state index in [9.17, 15) is 4.79 Å². The van der Waals surface area contributed by atoms with E-state index in [1.54, 1.807) is 12.1 Å². The third-order valence-corrected chi connectivity index (χ3v) is 3.79. The van der Waals surface area contributed by atoms with E-state index < -0.39 is 0 Å². The van der Waals surface area contributed by atoms with Gasteiger partial charge in [-0.1, -0.05) is 6.08 Å². The number of methoxy groups -OCH3 is 1. The number of carbonyl (C=O) groups is 1. The molecule has 0 N–H and O–H groups in total. The van der Waals surface area contributed by atoms with Gasteiger partial charge in [0.1, 0.15) is 5.75 Å². The average Bonchev–Trinajstić information content (AvgIpc) is 2.61. The Labute approximate surface area is 134 Å². The van der Waals surface area contributed by atoms with Crippen molar-refractivity contribution >= 4 is 22.4 Å². The topological polar surface area (TPSA) is 57.7 Å². The molecule has 0 fully saturated rings. The van der Waals surface area contributed by atoms with E-state index in [0.717, 1.165) is 34.3 Å². The van der Waals surface area contributed by atoms with E-state index in [1.165, 1.54) is 7.11 Å². The minimum Gasteiger partial charge on any atom is -0.493 e. The Bertz CT molecular complexity index is 767. The lowest BCUT2D eigenvalue weighted by Crippen LogP contribution is -2.06. The number of hydrogen-bond acceptors (Lipinski definition) is 5. The number of carbonyl (C=O) groups excluding carboxylic acids is 1. The van der Waals surface area contributed by atoms with Crippen LogP contribution in [0.3, 0.4) is 0 Å². The standard InChI is InChI=1S/C18H19NO4/c1-3-23-17-11-15(12-6-8-22-9-7-12)19-16-10-13(18(20)21-2)4-5-14(16)17/h4-6,10-11H,3,7-9H2,1-2H3. The number of fused-ring (bicyclic) bond motifs is 1. The van der Waals surface area contributed by atoms with Gasteiger partial charge in [0, 0.05) is 11.5 Å². The Morgan fingerprint density at radius 3 is 2.91 bits per heavy atom. The van der Waals surface area contributed by atoms with Gasteiger partial charge in [-0.25, -0.2) is 9.78 Å². The maximum absolute atomic E-state index is 11.7. The zero-order valence-electron chi connectivity index (χ0n) is 13.3. The van der Waals surface area contributed by atoms with E-state index >= 15 is 0 Å². The second kappa shape index (κ2) is 6.79. The molecule has 0 bridgehead atoms. The first-order valence-corrected chi connectivity index (χ1v) is 7.66. The summed E-state index contributed by atoms with van der Waals surface area (Å²) < 4.78 is 15.9. The third-order valence-electron chi connectivity index (χ3n) is 3.79. The first-order chi connectivity index (χ1) is 11.2. The van der Waals surface area contributed by atoms with Crippen LogP contribution in [0.2, 0.25) is 0 Å². The number of nitrogens with zero attached hydrogens (tertiary/aromatic N) is 1. The largest absolute Gasteiger partial charge is 0.493 e. The first-order valence-electron chi connectivity index (χ1n) is 7.66. The van der Waals surface area contributed by atoms with E-state index in [-0.39, 0.29) is 5.97 Å². The number of hydrogen-bond donors (Lipinski definition) is 0. The SMILES string of the molecule is CCOc1cc(C2=CCOCC2)nc2cc(C(=O)OC)ccc12. The normalized spacial score (nSPS) is 14.4. The van der Waals surface area contributed by atoms with Crippen molar-refractivity contribution in [3.63, 3.8) is 0 Å². The highest BCUT2D eigenvalue weighted by molar-refractivity contribution is 5.96. The van der Waals surface area contributed by atoms with Crippen molar-refractivity contribution in [2.75, 3.05) is 26.9 Å². The van der Waals surface area contributed by atoms with Gasteiger partial charge < -0.3 is 14.2 Å². The summed E-state index contributed by atoms with van der Waals surface area (Å²) in [6.07, 6.45) is 2.86. The van der Waals surface area contributed by atoms with Gasteiger partial charge >= 0.3 is 5.97 Å². The van der Waals surface area contributed by atoms with E-state index in [1.807, 2.05) is 25.1 Å². The molecular formula is C18H19NO4. The summed E-state index contributed by atoms with van der Waals surface area (Å²) in [6, 6.07) is 7.28. The summed E-state index contributed by atoms with van der Waals surface area (Å²) in [7, 11) is 1.37. The average molecular weight is 313 g/mol. The molecule has 1 aromatic carbocycles. The van der Waals surface area contributed by atoms with Gasteiger partial charge in [0.05, 0.1) is 43.7 Å². The van der Waals surface area contributed by atoms with Gasteiger partial charge in [0.2, 0.25) is 0 Å². The fourth-order valence-electron chi connectivity index (χ4n) is 2.64. The quantitative estimate of drug-likeness (QED) is 0.811. The van der Waals surface area contributed by atoms with Crippen LogP contribution in [0.25, 0.3) is 16.5 Å². The predicted molar refractivity (Wildman–Crippen MR) is 87.7 cm³/mol. The Balaban J connectivity index is 2.14. The first kappa shape index (κ1) is 15.5. The van der Waals surface area contributed by atoms with Crippen LogP contribution in [0, 0.1) is 0 Å². The fourth-order valence-corrected chi connectivity index (χ4v) is 2.64. The van der Waals surface area contributed by atoms with Gasteiger partial charge in [-0.05, 0) is 37.1 Å². The summed E-state index contributed by atoms with van der Waals surface area (Å²) in [6.45, 7) is 3.81. The highest BCUT2D eigenvalue weighted by Crippen LogP contribution is 2.30. The lowest BCUT2D eigenvalue weighted by atomic mass is 10.0. The summed E-state index contributed by atoms with van der Waals surface area (Å²) >= 11 is 0. The van der Waals surface area contributed by atoms with Crippen LogP contribution in [-0.4, -0.2) is 37.9 Å². The molecule has 120 valence electrons. The monoisotopic (exact) mass is 313 g/mol. The minimum absolute atomic E-state index is 0.373. The Hall–Kier alpha value is -2.40.